The Morgan fingerprint density at radius 1 is 1.11 bits per heavy atom. The summed E-state index contributed by atoms with van der Waals surface area (Å²) in [6.45, 7) is 0.789. The number of hydrogen-bond donors (Lipinski definition) is 2. The first kappa shape index (κ1) is 16.5. The molecule has 1 aromatic carbocycles. The number of carbonyl (C=O) groups is 1. The number of nitrogens with one attached hydrogen (secondary N) is 2. The second kappa shape index (κ2) is 6.81. The number of anilines is 1. The average Bonchev–Trinajstić information content (AvgIpc) is 3.17. The molecule has 4 aromatic rings. The zero-order valence-electron chi connectivity index (χ0n) is 15.1. The van der Waals surface area contributed by atoms with Crippen LogP contribution < -0.4 is 10.1 Å². The van der Waals surface area contributed by atoms with Gasteiger partial charge in [0.05, 0.1) is 6.61 Å². The van der Waals surface area contributed by atoms with Gasteiger partial charge in [0.1, 0.15) is 17.2 Å². The summed E-state index contributed by atoms with van der Waals surface area (Å²) in [4.78, 5) is 24.0. The Hall–Kier alpha value is -3.67. The molecular formula is C22H18N4O2. The van der Waals surface area contributed by atoms with E-state index in [-0.39, 0.29) is 5.91 Å². The first-order valence-electron chi connectivity index (χ1n) is 9.23. The Balaban J connectivity index is 1.45. The highest BCUT2D eigenvalue weighted by Gasteiger charge is 2.14. The summed E-state index contributed by atoms with van der Waals surface area (Å²) >= 11 is 0. The summed E-state index contributed by atoms with van der Waals surface area (Å²) in [6, 6.07) is 13.4. The molecule has 138 valence electrons. The lowest BCUT2D eigenvalue weighted by Gasteiger charge is -2.17. The van der Waals surface area contributed by atoms with Gasteiger partial charge in [-0.3, -0.25) is 9.78 Å². The number of benzene rings is 1. The largest absolute Gasteiger partial charge is 0.493 e. The van der Waals surface area contributed by atoms with Gasteiger partial charge >= 0.3 is 0 Å². The van der Waals surface area contributed by atoms with E-state index in [1.54, 1.807) is 24.5 Å². The molecule has 0 fully saturated rings. The highest BCUT2D eigenvalue weighted by Crippen LogP contribution is 2.33. The van der Waals surface area contributed by atoms with Crippen LogP contribution in [0, 0.1) is 0 Å². The van der Waals surface area contributed by atoms with Crippen LogP contribution in [-0.4, -0.2) is 27.5 Å². The van der Waals surface area contributed by atoms with Crippen LogP contribution in [0.5, 0.6) is 5.75 Å². The maximum Gasteiger partial charge on any atom is 0.256 e. The van der Waals surface area contributed by atoms with Crippen molar-refractivity contribution in [3.05, 3.63) is 72.2 Å². The van der Waals surface area contributed by atoms with E-state index in [4.69, 9.17) is 4.74 Å². The maximum atomic E-state index is 12.3. The highest BCUT2D eigenvalue weighted by atomic mass is 16.5. The molecule has 0 unspecified atom stereocenters. The molecule has 0 saturated heterocycles. The molecule has 0 radical (unpaired) electrons. The quantitative estimate of drug-likeness (QED) is 0.566. The lowest BCUT2D eigenvalue weighted by Crippen LogP contribution is -2.12. The molecule has 1 amide bonds. The third kappa shape index (κ3) is 2.99. The standard InChI is InChI=1S/C22H18N4O2/c27-22(14-7-9-23-10-8-14)26-20-6-4-17-18(13-24-21(17)25-20)15-3-5-19-16(12-15)2-1-11-28-19/h3-10,12-13H,1-2,11H2,(H2,24,25,26,27). The molecule has 2 N–H and O–H groups in total. The van der Waals surface area contributed by atoms with Crippen molar-refractivity contribution in [1.82, 2.24) is 15.0 Å². The van der Waals surface area contributed by atoms with Gasteiger partial charge in [0.25, 0.3) is 5.91 Å². The fraction of sp³-hybridized carbons (Fsp3) is 0.136. The Morgan fingerprint density at radius 3 is 2.89 bits per heavy atom. The third-order valence-electron chi connectivity index (χ3n) is 4.94. The van der Waals surface area contributed by atoms with Gasteiger partial charge in [-0.2, -0.15) is 0 Å². The van der Waals surface area contributed by atoms with Crippen LogP contribution in [0.1, 0.15) is 22.3 Å². The Kier molecular flexibility index (Phi) is 4.01. The Morgan fingerprint density at radius 2 is 2.00 bits per heavy atom. The monoisotopic (exact) mass is 370 g/mol. The van der Waals surface area contributed by atoms with Crippen molar-refractivity contribution in [1.29, 1.82) is 0 Å². The molecule has 5 rings (SSSR count). The minimum atomic E-state index is -0.212. The number of nitrogens with zero attached hydrogens (tertiary/aromatic N) is 2. The number of ether oxygens (including phenoxy) is 1. The zero-order valence-corrected chi connectivity index (χ0v) is 15.1. The highest BCUT2D eigenvalue weighted by molar-refractivity contribution is 6.04. The number of carbonyl (C=O) groups excluding carboxylic acids is 1. The topological polar surface area (TPSA) is 79.9 Å². The van der Waals surface area contributed by atoms with Crippen LogP contribution in [0.2, 0.25) is 0 Å². The van der Waals surface area contributed by atoms with Crippen LogP contribution in [0.25, 0.3) is 22.2 Å². The summed E-state index contributed by atoms with van der Waals surface area (Å²) in [5.41, 5.74) is 4.73. The van der Waals surface area contributed by atoms with Crippen molar-refractivity contribution in [2.24, 2.45) is 0 Å². The van der Waals surface area contributed by atoms with E-state index in [0.29, 0.717) is 11.4 Å². The van der Waals surface area contributed by atoms with Crippen molar-refractivity contribution >= 4 is 22.8 Å². The molecule has 1 aliphatic rings. The Bertz CT molecular complexity index is 1170. The second-order valence-electron chi connectivity index (χ2n) is 6.76. The minimum absolute atomic E-state index is 0.212. The zero-order chi connectivity index (χ0) is 18.9. The van der Waals surface area contributed by atoms with Gasteiger partial charge in [-0.25, -0.2) is 4.98 Å². The van der Waals surface area contributed by atoms with Crippen LogP contribution in [0.3, 0.4) is 0 Å². The minimum Gasteiger partial charge on any atom is -0.493 e. The normalized spacial score (nSPS) is 13.0. The molecule has 0 saturated carbocycles. The summed E-state index contributed by atoms with van der Waals surface area (Å²) in [6.07, 6.45) is 7.22. The van der Waals surface area contributed by atoms with E-state index in [0.717, 1.165) is 47.4 Å². The van der Waals surface area contributed by atoms with Crippen molar-refractivity contribution < 1.29 is 9.53 Å². The van der Waals surface area contributed by atoms with Gasteiger partial charge < -0.3 is 15.0 Å². The summed E-state index contributed by atoms with van der Waals surface area (Å²) in [7, 11) is 0. The molecular weight excluding hydrogens is 352 g/mol. The van der Waals surface area contributed by atoms with E-state index in [1.807, 2.05) is 24.4 Å². The molecule has 28 heavy (non-hydrogen) atoms. The molecule has 4 heterocycles. The number of hydrogen-bond acceptors (Lipinski definition) is 4. The maximum absolute atomic E-state index is 12.3. The predicted octanol–water partition coefficient (Wildman–Crippen LogP) is 4.20. The van der Waals surface area contributed by atoms with Gasteiger partial charge in [-0.1, -0.05) is 6.07 Å². The number of aryl methyl sites for hydroxylation is 1. The summed E-state index contributed by atoms with van der Waals surface area (Å²) in [5.74, 6) is 1.27. The van der Waals surface area contributed by atoms with E-state index in [1.165, 1.54) is 5.56 Å². The molecule has 0 atom stereocenters. The summed E-state index contributed by atoms with van der Waals surface area (Å²) < 4.78 is 5.71. The number of pyridine rings is 2. The van der Waals surface area contributed by atoms with E-state index >= 15 is 0 Å². The molecule has 6 nitrogen and oxygen atoms in total. The van der Waals surface area contributed by atoms with Crippen molar-refractivity contribution in [2.75, 3.05) is 11.9 Å². The van der Waals surface area contributed by atoms with E-state index < -0.39 is 0 Å². The Labute approximate surface area is 161 Å². The van der Waals surface area contributed by atoms with E-state index in [2.05, 4.69) is 32.4 Å². The number of fused-ring (bicyclic) bond motifs is 2. The fourth-order valence-electron chi connectivity index (χ4n) is 3.53. The second-order valence-corrected chi connectivity index (χ2v) is 6.76. The fourth-order valence-corrected chi connectivity index (χ4v) is 3.53. The van der Waals surface area contributed by atoms with Crippen LogP contribution in [0.15, 0.2) is 61.1 Å². The number of H-pyrrole nitrogens is 1. The van der Waals surface area contributed by atoms with Gasteiger partial charge in [-0.05, 0) is 60.4 Å². The first-order valence-corrected chi connectivity index (χ1v) is 9.23. The molecule has 0 aliphatic carbocycles. The van der Waals surface area contributed by atoms with E-state index in [9.17, 15) is 4.79 Å². The van der Waals surface area contributed by atoms with Crippen LogP contribution >= 0.6 is 0 Å². The van der Waals surface area contributed by atoms with Gasteiger partial charge in [0, 0.05) is 35.1 Å². The third-order valence-corrected chi connectivity index (χ3v) is 4.94. The average molecular weight is 370 g/mol. The molecule has 0 spiro atoms. The number of aromatic amines is 1. The molecule has 1 aliphatic heterocycles. The van der Waals surface area contributed by atoms with Crippen molar-refractivity contribution in [3.63, 3.8) is 0 Å². The van der Waals surface area contributed by atoms with Crippen molar-refractivity contribution in [2.45, 2.75) is 12.8 Å². The first-order chi connectivity index (χ1) is 13.8. The van der Waals surface area contributed by atoms with Crippen LogP contribution in [-0.2, 0) is 6.42 Å². The number of rotatable bonds is 3. The van der Waals surface area contributed by atoms with Crippen LogP contribution in [0.4, 0.5) is 5.82 Å². The smallest absolute Gasteiger partial charge is 0.256 e. The predicted molar refractivity (Wildman–Crippen MR) is 108 cm³/mol. The van der Waals surface area contributed by atoms with Gasteiger partial charge in [0.2, 0.25) is 0 Å². The summed E-state index contributed by atoms with van der Waals surface area (Å²) in [5, 5.41) is 3.84. The SMILES string of the molecule is O=C(Nc1ccc2c(-c3ccc4c(c3)CCCO4)c[nH]c2n1)c1ccncc1. The number of amides is 1. The molecule has 0 bridgehead atoms. The number of aromatic nitrogens is 3. The lowest BCUT2D eigenvalue weighted by molar-refractivity contribution is 0.102. The van der Waals surface area contributed by atoms with Gasteiger partial charge in [0.15, 0.2) is 0 Å². The molecule has 3 aromatic heterocycles. The van der Waals surface area contributed by atoms with Crippen molar-refractivity contribution in [3.8, 4) is 16.9 Å². The van der Waals surface area contributed by atoms with Gasteiger partial charge in [-0.15, -0.1) is 0 Å². The molecule has 6 heteroatoms. The lowest BCUT2D eigenvalue weighted by atomic mass is 9.99.